The number of phenolic OH excluding ortho intramolecular Hbond substituents is 1. The number of hydrogen-bond acceptors (Lipinski definition) is 3. The molecule has 0 bridgehead atoms. The molecule has 0 atom stereocenters. The van der Waals surface area contributed by atoms with Crippen LogP contribution in [-0.4, -0.2) is 18.2 Å². The molecule has 0 spiro atoms. The van der Waals surface area contributed by atoms with Gasteiger partial charge in [0.05, 0.1) is 17.7 Å². The summed E-state index contributed by atoms with van der Waals surface area (Å²) in [7, 11) is 1.23. The van der Waals surface area contributed by atoms with E-state index in [4.69, 9.17) is 11.6 Å². The third kappa shape index (κ3) is 2.69. The molecule has 98 valence electrons. The zero-order chi connectivity index (χ0) is 14.0. The van der Waals surface area contributed by atoms with Gasteiger partial charge in [0.15, 0.2) is 0 Å². The van der Waals surface area contributed by atoms with Gasteiger partial charge in [0.25, 0.3) is 0 Å². The maximum atomic E-state index is 13.9. The van der Waals surface area contributed by atoms with Gasteiger partial charge in [-0.25, -0.2) is 9.18 Å². The summed E-state index contributed by atoms with van der Waals surface area (Å²) in [5.74, 6) is -1.32. The predicted molar refractivity (Wildman–Crippen MR) is 69.9 cm³/mol. The molecule has 3 nitrogen and oxygen atoms in total. The molecule has 19 heavy (non-hydrogen) atoms. The van der Waals surface area contributed by atoms with Crippen molar-refractivity contribution < 1.29 is 19.0 Å². The van der Waals surface area contributed by atoms with Crippen LogP contribution >= 0.6 is 11.6 Å². The molecular formula is C14H10ClFO3. The van der Waals surface area contributed by atoms with Crippen molar-refractivity contribution in [2.75, 3.05) is 7.11 Å². The number of phenols is 1. The number of hydrogen-bond donors (Lipinski definition) is 1. The molecular weight excluding hydrogens is 271 g/mol. The molecule has 0 radical (unpaired) electrons. The molecule has 5 heteroatoms. The maximum Gasteiger partial charge on any atom is 0.337 e. The van der Waals surface area contributed by atoms with Gasteiger partial charge in [0.2, 0.25) is 0 Å². The van der Waals surface area contributed by atoms with E-state index in [1.165, 1.54) is 31.4 Å². The summed E-state index contributed by atoms with van der Waals surface area (Å²) in [5.41, 5.74) is 0.859. The lowest BCUT2D eigenvalue weighted by atomic mass is 10.0. The molecule has 2 aromatic rings. The van der Waals surface area contributed by atoms with Gasteiger partial charge < -0.3 is 9.84 Å². The highest BCUT2D eigenvalue weighted by Crippen LogP contribution is 2.31. The Bertz CT molecular complexity index is 641. The molecule has 0 fully saturated rings. The molecule has 0 unspecified atom stereocenters. The van der Waals surface area contributed by atoms with Crippen LogP contribution in [0.2, 0.25) is 5.02 Å². The monoisotopic (exact) mass is 280 g/mol. The molecule has 0 amide bonds. The largest absolute Gasteiger partial charge is 0.506 e. The van der Waals surface area contributed by atoms with Crippen LogP contribution in [0.4, 0.5) is 4.39 Å². The number of carbonyl (C=O) groups excluding carboxylic acids is 1. The minimum Gasteiger partial charge on any atom is -0.506 e. The first-order chi connectivity index (χ1) is 9.02. The fourth-order valence-electron chi connectivity index (χ4n) is 1.67. The van der Waals surface area contributed by atoms with Crippen LogP contribution in [-0.2, 0) is 4.74 Å². The van der Waals surface area contributed by atoms with Gasteiger partial charge in [-0.2, -0.15) is 0 Å². The Kier molecular flexibility index (Phi) is 3.71. The molecule has 1 N–H and O–H groups in total. The lowest BCUT2D eigenvalue weighted by Crippen LogP contribution is -2.01. The second-order valence-electron chi connectivity index (χ2n) is 3.85. The van der Waals surface area contributed by atoms with Crippen LogP contribution in [0.3, 0.4) is 0 Å². The molecule has 0 aliphatic heterocycles. The van der Waals surface area contributed by atoms with E-state index in [9.17, 15) is 14.3 Å². The van der Waals surface area contributed by atoms with Crippen molar-refractivity contribution >= 4 is 17.6 Å². The average Bonchev–Trinajstić information content (AvgIpc) is 2.41. The fraction of sp³-hybridized carbons (Fsp3) is 0.0714. The predicted octanol–water partition coefficient (Wildman–Crippen LogP) is 3.64. The van der Waals surface area contributed by atoms with E-state index in [1.807, 2.05) is 0 Å². The number of esters is 1. The summed E-state index contributed by atoms with van der Waals surface area (Å²) in [4.78, 5) is 11.3. The minimum absolute atomic E-state index is 0.127. The first-order valence-electron chi connectivity index (χ1n) is 5.39. The fourth-order valence-corrected chi connectivity index (χ4v) is 1.79. The van der Waals surface area contributed by atoms with Crippen LogP contribution in [0.1, 0.15) is 10.4 Å². The molecule has 2 aromatic carbocycles. The summed E-state index contributed by atoms with van der Waals surface area (Å²) in [6.45, 7) is 0. The SMILES string of the molecule is COC(=O)c1ccc(-c2ccc(Cl)c(O)c2)c(F)c1. The molecule has 2 rings (SSSR count). The maximum absolute atomic E-state index is 13.9. The van der Waals surface area contributed by atoms with Gasteiger partial charge in [-0.15, -0.1) is 0 Å². The van der Waals surface area contributed by atoms with Crippen molar-refractivity contribution in [3.05, 3.63) is 52.8 Å². The second-order valence-corrected chi connectivity index (χ2v) is 4.26. The Hall–Kier alpha value is -2.07. The quantitative estimate of drug-likeness (QED) is 0.854. The van der Waals surface area contributed by atoms with E-state index in [0.29, 0.717) is 5.56 Å². The van der Waals surface area contributed by atoms with Crippen LogP contribution in [0.5, 0.6) is 5.75 Å². The second kappa shape index (κ2) is 5.28. The number of rotatable bonds is 2. The summed E-state index contributed by atoms with van der Waals surface area (Å²) in [6.07, 6.45) is 0. The summed E-state index contributed by atoms with van der Waals surface area (Å²) in [6, 6.07) is 8.41. The molecule has 0 aliphatic rings. The van der Waals surface area contributed by atoms with Crippen molar-refractivity contribution in [2.45, 2.75) is 0 Å². The van der Waals surface area contributed by atoms with Gasteiger partial charge in [-0.3, -0.25) is 0 Å². The first kappa shape index (κ1) is 13.4. The zero-order valence-electron chi connectivity index (χ0n) is 9.98. The topological polar surface area (TPSA) is 46.5 Å². The van der Waals surface area contributed by atoms with Gasteiger partial charge in [-0.1, -0.05) is 23.7 Å². The van der Waals surface area contributed by atoms with Gasteiger partial charge >= 0.3 is 5.97 Å². The number of halogens is 2. The van der Waals surface area contributed by atoms with Gasteiger partial charge in [0.1, 0.15) is 11.6 Å². The van der Waals surface area contributed by atoms with E-state index in [0.717, 1.165) is 6.07 Å². The third-order valence-electron chi connectivity index (χ3n) is 2.65. The van der Waals surface area contributed by atoms with Crippen LogP contribution in [0, 0.1) is 5.82 Å². The van der Waals surface area contributed by atoms with E-state index >= 15 is 0 Å². The summed E-state index contributed by atoms with van der Waals surface area (Å²) in [5, 5.41) is 9.69. The van der Waals surface area contributed by atoms with Crippen LogP contribution < -0.4 is 0 Å². The summed E-state index contributed by atoms with van der Waals surface area (Å²) < 4.78 is 18.5. The van der Waals surface area contributed by atoms with Crippen molar-refractivity contribution in [1.82, 2.24) is 0 Å². The van der Waals surface area contributed by atoms with Crippen molar-refractivity contribution in [3.63, 3.8) is 0 Å². The normalized spacial score (nSPS) is 10.3. The molecule has 0 aliphatic carbocycles. The smallest absolute Gasteiger partial charge is 0.337 e. The molecule has 0 saturated heterocycles. The standard InChI is InChI=1S/C14H10ClFO3/c1-19-14(18)9-2-4-10(12(16)6-9)8-3-5-11(15)13(17)7-8/h2-7,17H,1H3. The number of carbonyl (C=O) groups is 1. The minimum atomic E-state index is -0.607. The average molecular weight is 281 g/mol. The van der Waals surface area contributed by atoms with E-state index in [-0.39, 0.29) is 21.9 Å². The van der Waals surface area contributed by atoms with Crippen LogP contribution in [0.25, 0.3) is 11.1 Å². The number of benzene rings is 2. The number of methoxy groups -OCH3 is 1. The third-order valence-corrected chi connectivity index (χ3v) is 2.97. The van der Waals surface area contributed by atoms with E-state index in [1.54, 1.807) is 6.07 Å². The molecule has 0 aromatic heterocycles. The van der Waals surface area contributed by atoms with Crippen molar-refractivity contribution in [3.8, 4) is 16.9 Å². The Morgan fingerprint density at radius 3 is 2.58 bits per heavy atom. The van der Waals surface area contributed by atoms with E-state index < -0.39 is 11.8 Å². The number of aromatic hydroxyl groups is 1. The van der Waals surface area contributed by atoms with Crippen molar-refractivity contribution in [2.24, 2.45) is 0 Å². The van der Waals surface area contributed by atoms with Crippen molar-refractivity contribution in [1.29, 1.82) is 0 Å². The van der Waals surface area contributed by atoms with Gasteiger partial charge in [-0.05, 0) is 29.8 Å². The Balaban J connectivity index is 2.46. The Labute approximate surface area is 114 Å². The highest BCUT2D eigenvalue weighted by atomic mass is 35.5. The first-order valence-corrected chi connectivity index (χ1v) is 5.77. The highest BCUT2D eigenvalue weighted by Gasteiger charge is 2.12. The van der Waals surface area contributed by atoms with Crippen LogP contribution in [0.15, 0.2) is 36.4 Å². The molecule has 0 heterocycles. The summed E-state index contributed by atoms with van der Waals surface area (Å²) >= 11 is 5.69. The lowest BCUT2D eigenvalue weighted by Gasteiger charge is -2.07. The Morgan fingerprint density at radius 1 is 1.26 bits per heavy atom. The Morgan fingerprint density at radius 2 is 2.00 bits per heavy atom. The number of ether oxygens (including phenoxy) is 1. The lowest BCUT2D eigenvalue weighted by molar-refractivity contribution is 0.0600. The zero-order valence-corrected chi connectivity index (χ0v) is 10.7. The van der Waals surface area contributed by atoms with Gasteiger partial charge in [0, 0.05) is 5.56 Å². The highest BCUT2D eigenvalue weighted by molar-refractivity contribution is 6.32. The molecule has 0 saturated carbocycles. The van der Waals surface area contributed by atoms with E-state index in [2.05, 4.69) is 4.74 Å².